The van der Waals surface area contributed by atoms with Crippen molar-refractivity contribution in [3.63, 3.8) is 0 Å². The predicted molar refractivity (Wildman–Crippen MR) is 81.0 cm³/mol. The van der Waals surface area contributed by atoms with Crippen LogP contribution in [-0.2, 0) is 16.4 Å². The summed E-state index contributed by atoms with van der Waals surface area (Å²) in [5.74, 6) is 0. The molecule has 2 rings (SSSR count). The highest BCUT2D eigenvalue weighted by atomic mass is 35.5. The maximum atomic E-state index is 11.4. The minimum Gasteiger partial charge on any atom is -0.392 e. The van der Waals surface area contributed by atoms with Gasteiger partial charge in [0.25, 0.3) is 0 Å². The molecule has 0 radical (unpaired) electrons. The van der Waals surface area contributed by atoms with Gasteiger partial charge in [0, 0.05) is 26.6 Å². The van der Waals surface area contributed by atoms with Crippen molar-refractivity contribution in [3.8, 4) is 0 Å². The average Bonchev–Trinajstić information content (AvgIpc) is 2.38. The van der Waals surface area contributed by atoms with E-state index in [0.29, 0.717) is 10.6 Å². The van der Waals surface area contributed by atoms with E-state index in [-0.39, 0.29) is 11.5 Å². The maximum Gasteiger partial charge on any atom is 0.175 e. The molecule has 0 spiro atoms. The van der Waals surface area contributed by atoms with Gasteiger partial charge in [-0.25, -0.2) is 8.42 Å². The van der Waals surface area contributed by atoms with E-state index in [1.807, 2.05) is 12.1 Å². The Bertz CT molecular complexity index is 710. The van der Waals surface area contributed by atoms with E-state index < -0.39 is 9.84 Å². The van der Waals surface area contributed by atoms with E-state index in [4.69, 9.17) is 11.6 Å². The molecule has 106 valence electrons. The van der Waals surface area contributed by atoms with Crippen molar-refractivity contribution in [2.45, 2.75) is 21.3 Å². The van der Waals surface area contributed by atoms with Gasteiger partial charge in [0.05, 0.1) is 11.5 Å². The Kier molecular flexibility index (Phi) is 4.75. The van der Waals surface area contributed by atoms with Crippen molar-refractivity contribution < 1.29 is 13.5 Å². The third-order valence-electron chi connectivity index (χ3n) is 2.71. The molecule has 0 saturated carbocycles. The van der Waals surface area contributed by atoms with Gasteiger partial charge >= 0.3 is 0 Å². The molecule has 6 heteroatoms. The highest BCUT2D eigenvalue weighted by Gasteiger charge is 2.09. The molecule has 0 unspecified atom stereocenters. The summed E-state index contributed by atoms with van der Waals surface area (Å²) in [6.45, 7) is -0.135. The molecule has 0 fully saturated rings. The summed E-state index contributed by atoms with van der Waals surface area (Å²) in [6.07, 6.45) is 1.18. The molecule has 0 bridgehead atoms. The molecule has 0 saturated heterocycles. The first-order valence-electron chi connectivity index (χ1n) is 5.78. The Morgan fingerprint density at radius 2 is 1.80 bits per heavy atom. The van der Waals surface area contributed by atoms with Crippen molar-refractivity contribution in [3.05, 3.63) is 53.1 Å². The van der Waals surface area contributed by atoms with E-state index in [9.17, 15) is 13.5 Å². The van der Waals surface area contributed by atoms with Crippen molar-refractivity contribution in [2.75, 3.05) is 6.26 Å². The molecule has 0 aliphatic heterocycles. The van der Waals surface area contributed by atoms with Crippen LogP contribution in [0.15, 0.2) is 57.2 Å². The van der Waals surface area contributed by atoms with Crippen LogP contribution < -0.4 is 0 Å². The molecule has 2 aromatic rings. The number of rotatable bonds is 4. The second kappa shape index (κ2) is 6.18. The fourth-order valence-electron chi connectivity index (χ4n) is 1.67. The van der Waals surface area contributed by atoms with Crippen molar-refractivity contribution >= 4 is 33.2 Å². The molecular weight excluding hydrogens is 316 g/mol. The topological polar surface area (TPSA) is 54.4 Å². The lowest BCUT2D eigenvalue weighted by molar-refractivity contribution is 0.279. The Morgan fingerprint density at radius 3 is 2.35 bits per heavy atom. The Balaban J connectivity index is 2.29. The largest absolute Gasteiger partial charge is 0.392 e. The van der Waals surface area contributed by atoms with Crippen molar-refractivity contribution in [1.82, 2.24) is 0 Å². The summed E-state index contributed by atoms with van der Waals surface area (Å²) in [5.41, 5.74) is 0.673. The molecule has 3 nitrogen and oxygen atoms in total. The molecule has 20 heavy (non-hydrogen) atoms. The van der Waals surface area contributed by atoms with Gasteiger partial charge in [-0.15, -0.1) is 0 Å². The third kappa shape index (κ3) is 3.55. The fourth-order valence-corrected chi connectivity index (χ4v) is 3.56. The standard InChI is InChI=1S/C14H13ClO3S2/c1-20(17,18)11-7-5-10(6-8-11)19-14-4-2-3-13(15)12(14)9-16/h2-8,16H,9H2,1H3. The second-order valence-corrected chi connectivity index (χ2v) is 7.76. The summed E-state index contributed by atoms with van der Waals surface area (Å²) < 4.78 is 22.8. The van der Waals surface area contributed by atoms with Crippen LogP contribution in [0.3, 0.4) is 0 Å². The van der Waals surface area contributed by atoms with Crippen molar-refractivity contribution in [2.24, 2.45) is 0 Å². The number of halogens is 1. The number of aliphatic hydroxyl groups excluding tert-OH is 1. The average molecular weight is 329 g/mol. The van der Waals surface area contributed by atoms with E-state index in [2.05, 4.69) is 0 Å². The van der Waals surface area contributed by atoms with Crippen LogP contribution >= 0.6 is 23.4 Å². The first kappa shape index (κ1) is 15.4. The zero-order valence-corrected chi connectivity index (χ0v) is 13.1. The SMILES string of the molecule is CS(=O)(=O)c1ccc(Sc2cccc(Cl)c2CO)cc1. The van der Waals surface area contributed by atoms with Crippen LogP contribution in [0.25, 0.3) is 0 Å². The lowest BCUT2D eigenvalue weighted by Crippen LogP contribution is -1.96. The minimum absolute atomic E-state index is 0.135. The number of sulfone groups is 1. The van der Waals surface area contributed by atoms with Gasteiger partial charge in [-0.3, -0.25) is 0 Å². The normalized spacial score (nSPS) is 11.6. The van der Waals surface area contributed by atoms with Crippen molar-refractivity contribution in [1.29, 1.82) is 0 Å². The predicted octanol–water partition coefficient (Wildman–Crippen LogP) is 3.39. The van der Waals surface area contributed by atoms with Crippen LogP contribution in [0.1, 0.15) is 5.56 Å². The van der Waals surface area contributed by atoms with Crippen LogP contribution in [-0.4, -0.2) is 19.8 Å². The summed E-state index contributed by atoms with van der Waals surface area (Å²) >= 11 is 7.46. The van der Waals surface area contributed by atoms with Gasteiger partial charge in [-0.05, 0) is 36.4 Å². The number of hydrogen-bond donors (Lipinski definition) is 1. The van der Waals surface area contributed by atoms with E-state index >= 15 is 0 Å². The van der Waals surface area contributed by atoms with Gasteiger partial charge < -0.3 is 5.11 Å². The number of hydrogen-bond acceptors (Lipinski definition) is 4. The monoisotopic (exact) mass is 328 g/mol. The van der Waals surface area contributed by atoms with Gasteiger partial charge in [0.1, 0.15) is 0 Å². The van der Waals surface area contributed by atoms with E-state index in [0.717, 1.165) is 9.79 Å². The highest BCUT2D eigenvalue weighted by molar-refractivity contribution is 7.99. The Morgan fingerprint density at radius 1 is 1.15 bits per heavy atom. The van der Waals surface area contributed by atoms with Gasteiger partial charge in [0.2, 0.25) is 0 Å². The first-order valence-corrected chi connectivity index (χ1v) is 8.86. The molecule has 0 aliphatic carbocycles. The van der Waals surface area contributed by atoms with Crippen LogP contribution in [0, 0.1) is 0 Å². The van der Waals surface area contributed by atoms with E-state index in [1.54, 1.807) is 30.3 Å². The maximum absolute atomic E-state index is 11.4. The molecule has 0 atom stereocenters. The zero-order valence-electron chi connectivity index (χ0n) is 10.7. The summed E-state index contributed by atoms with van der Waals surface area (Å²) in [4.78, 5) is 2.02. The van der Waals surface area contributed by atoms with Gasteiger partial charge in [0.15, 0.2) is 9.84 Å². The summed E-state index contributed by atoms with van der Waals surface area (Å²) in [7, 11) is -3.18. The minimum atomic E-state index is -3.18. The number of benzene rings is 2. The lowest BCUT2D eigenvalue weighted by atomic mass is 10.2. The smallest absolute Gasteiger partial charge is 0.175 e. The summed E-state index contributed by atoms with van der Waals surface area (Å²) in [5, 5.41) is 9.87. The third-order valence-corrected chi connectivity index (χ3v) is 5.31. The quantitative estimate of drug-likeness (QED) is 0.934. The molecule has 2 aromatic carbocycles. The summed E-state index contributed by atoms with van der Waals surface area (Å²) in [6, 6.07) is 12.0. The Hall–Kier alpha value is -1.01. The molecular formula is C14H13ClO3S2. The molecule has 1 N–H and O–H groups in total. The zero-order chi connectivity index (χ0) is 14.8. The van der Waals surface area contributed by atoms with Gasteiger partial charge in [-0.2, -0.15) is 0 Å². The number of aliphatic hydroxyl groups is 1. The van der Waals surface area contributed by atoms with Gasteiger partial charge in [-0.1, -0.05) is 29.4 Å². The highest BCUT2D eigenvalue weighted by Crippen LogP contribution is 2.34. The molecule has 0 aliphatic rings. The van der Waals surface area contributed by atoms with Crippen LogP contribution in [0.5, 0.6) is 0 Å². The second-order valence-electron chi connectivity index (χ2n) is 4.22. The van der Waals surface area contributed by atoms with Crippen LogP contribution in [0.2, 0.25) is 5.02 Å². The molecule has 0 amide bonds. The fraction of sp³-hybridized carbons (Fsp3) is 0.143. The Labute approximate surface area is 127 Å². The van der Waals surface area contributed by atoms with E-state index in [1.165, 1.54) is 18.0 Å². The van der Waals surface area contributed by atoms with Crippen LogP contribution in [0.4, 0.5) is 0 Å². The molecule has 0 aromatic heterocycles. The first-order chi connectivity index (χ1) is 9.41. The lowest BCUT2D eigenvalue weighted by Gasteiger charge is -2.09. The molecule has 0 heterocycles.